The highest BCUT2D eigenvalue weighted by molar-refractivity contribution is 5.63. The molecule has 0 aliphatic rings. The van der Waals surface area contributed by atoms with E-state index in [1.807, 2.05) is 46.8 Å². The number of hydrogen-bond donors (Lipinski definition) is 1. The minimum atomic E-state index is -0.319. The van der Waals surface area contributed by atoms with Gasteiger partial charge in [0.1, 0.15) is 5.69 Å². The Morgan fingerprint density at radius 3 is 2.44 bits per heavy atom. The summed E-state index contributed by atoms with van der Waals surface area (Å²) in [6.45, 7) is 10.2. The Bertz CT molecular complexity index is 436. The summed E-state index contributed by atoms with van der Waals surface area (Å²) in [7, 11) is 0. The van der Waals surface area contributed by atoms with E-state index in [0.29, 0.717) is 5.69 Å². The van der Waals surface area contributed by atoms with Crippen molar-refractivity contribution in [3.63, 3.8) is 0 Å². The highest BCUT2D eigenvalue weighted by atomic mass is 16.6. The van der Waals surface area contributed by atoms with E-state index in [4.69, 9.17) is 0 Å². The maximum Gasteiger partial charge on any atom is 0.292 e. The molecule has 0 aromatic heterocycles. The van der Waals surface area contributed by atoms with E-state index in [2.05, 4.69) is 5.32 Å². The number of anilines is 1. The standard InChI is InChI=1S/C14H22N2O2/c1-6-10(2)15-12-8-7-11(14(3,4)5)9-13(12)16(17)18/h7-10,15H,6H2,1-5H3. The first kappa shape index (κ1) is 14.5. The van der Waals surface area contributed by atoms with Crippen molar-refractivity contribution >= 4 is 11.4 Å². The van der Waals surface area contributed by atoms with Crippen LogP contribution in [0.4, 0.5) is 11.4 Å². The van der Waals surface area contributed by atoms with Gasteiger partial charge in [-0.05, 0) is 30.4 Å². The number of benzene rings is 1. The molecule has 0 saturated heterocycles. The Hall–Kier alpha value is -1.58. The van der Waals surface area contributed by atoms with Gasteiger partial charge in [-0.25, -0.2) is 0 Å². The van der Waals surface area contributed by atoms with Crippen LogP contribution in [0.5, 0.6) is 0 Å². The number of rotatable bonds is 4. The third-order valence-electron chi connectivity index (χ3n) is 3.07. The number of nitrogens with one attached hydrogen (secondary N) is 1. The molecule has 1 atom stereocenters. The normalized spacial score (nSPS) is 13.2. The molecule has 1 aromatic carbocycles. The molecule has 4 nitrogen and oxygen atoms in total. The van der Waals surface area contributed by atoms with Crippen molar-refractivity contribution in [1.82, 2.24) is 0 Å². The lowest BCUT2D eigenvalue weighted by atomic mass is 9.86. The lowest BCUT2D eigenvalue weighted by Crippen LogP contribution is -2.16. The van der Waals surface area contributed by atoms with Crippen molar-refractivity contribution < 1.29 is 4.92 Å². The fraction of sp³-hybridized carbons (Fsp3) is 0.571. The summed E-state index contributed by atoms with van der Waals surface area (Å²) in [5.41, 5.74) is 1.65. The van der Waals surface area contributed by atoms with E-state index in [9.17, 15) is 10.1 Å². The van der Waals surface area contributed by atoms with E-state index >= 15 is 0 Å². The van der Waals surface area contributed by atoms with Gasteiger partial charge < -0.3 is 5.32 Å². The number of nitro groups is 1. The lowest BCUT2D eigenvalue weighted by molar-refractivity contribution is -0.384. The number of nitrogens with zero attached hydrogens (tertiary/aromatic N) is 1. The van der Waals surface area contributed by atoms with Gasteiger partial charge in [0.25, 0.3) is 5.69 Å². The summed E-state index contributed by atoms with van der Waals surface area (Å²) >= 11 is 0. The second-order valence-corrected chi connectivity index (χ2v) is 5.69. The van der Waals surface area contributed by atoms with Gasteiger partial charge in [0.2, 0.25) is 0 Å². The Kier molecular flexibility index (Phi) is 4.33. The fourth-order valence-electron chi connectivity index (χ4n) is 1.64. The van der Waals surface area contributed by atoms with Crippen molar-refractivity contribution in [2.24, 2.45) is 0 Å². The van der Waals surface area contributed by atoms with Crippen LogP contribution in [0.2, 0.25) is 0 Å². The smallest absolute Gasteiger partial charge is 0.292 e. The topological polar surface area (TPSA) is 55.2 Å². The number of nitro benzene ring substituents is 1. The molecule has 100 valence electrons. The molecule has 18 heavy (non-hydrogen) atoms. The highest BCUT2D eigenvalue weighted by Crippen LogP contribution is 2.31. The van der Waals surface area contributed by atoms with Gasteiger partial charge in [-0.1, -0.05) is 33.8 Å². The predicted octanol–water partition coefficient (Wildman–Crippen LogP) is 4.10. The molecule has 0 amide bonds. The van der Waals surface area contributed by atoms with Gasteiger partial charge in [0.15, 0.2) is 0 Å². The quantitative estimate of drug-likeness (QED) is 0.646. The van der Waals surface area contributed by atoms with Crippen LogP contribution in [0.15, 0.2) is 18.2 Å². The van der Waals surface area contributed by atoms with Gasteiger partial charge in [-0.15, -0.1) is 0 Å². The fourth-order valence-corrected chi connectivity index (χ4v) is 1.64. The monoisotopic (exact) mass is 250 g/mol. The summed E-state index contributed by atoms with van der Waals surface area (Å²) in [6, 6.07) is 5.66. The summed E-state index contributed by atoms with van der Waals surface area (Å²) in [5, 5.41) is 14.3. The molecule has 0 aliphatic heterocycles. The zero-order valence-electron chi connectivity index (χ0n) is 11.8. The van der Waals surface area contributed by atoms with Crippen molar-refractivity contribution in [3.05, 3.63) is 33.9 Å². The van der Waals surface area contributed by atoms with Gasteiger partial charge in [0, 0.05) is 12.1 Å². The van der Waals surface area contributed by atoms with Crippen molar-refractivity contribution in [1.29, 1.82) is 0 Å². The molecule has 0 radical (unpaired) electrons. The zero-order valence-corrected chi connectivity index (χ0v) is 11.8. The third-order valence-corrected chi connectivity index (χ3v) is 3.07. The Balaban J connectivity index is 3.17. The molecular formula is C14H22N2O2. The summed E-state index contributed by atoms with van der Waals surface area (Å²) in [4.78, 5) is 10.8. The second kappa shape index (κ2) is 5.38. The molecule has 0 aliphatic carbocycles. The summed E-state index contributed by atoms with van der Waals surface area (Å²) in [6.07, 6.45) is 0.929. The molecule has 0 fully saturated rings. The van der Waals surface area contributed by atoms with E-state index in [1.54, 1.807) is 6.07 Å². The number of hydrogen-bond acceptors (Lipinski definition) is 3. The van der Waals surface area contributed by atoms with E-state index in [0.717, 1.165) is 12.0 Å². The molecule has 0 heterocycles. The Morgan fingerprint density at radius 2 is 2.00 bits per heavy atom. The van der Waals surface area contributed by atoms with Crippen LogP contribution in [-0.2, 0) is 5.41 Å². The average molecular weight is 250 g/mol. The summed E-state index contributed by atoms with van der Waals surface area (Å²) in [5.74, 6) is 0. The highest BCUT2D eigenvalue weighted by Gasteiger charge is 2.21. The van der Waals surface area contributed by atoms with Crippen LogP contribution in [-0.4, -0.2) is 11.0 Å². The van der Waals surface area contributed by atoms with E-state index in [-0.39, 0.29) is 22.1 Å². The molecule has 0 spiro atoms. The van der Waals surface area contributed by atoms with Crippen LogP contribution in [0.3, 0.4) is 0 Å². The maximum atomic E-state index is 11.1. The first-order valence-electron chi connectivity index (χ1n) is 6.31. The molecule has 1 unspecified atom stereocenters. The van der Waals surface area contributed by atoms with E-state index in [1.165, 1.54) is 0 Å². The summed E-state index contributed by atoms with van der Waals surface area (Å²) < 4.78 is 0. The molecule has 1 rings (SSSR count). The van der Waals surface area contributed by atoms with Crippen LogP contribution < -0.4 is 5.32 Å². The third kappa shape index (κ3) is 3.45. The maximum absolute atomic E-state index is 11.1. The van der Waals surface area contributed by atoms with E-state index < -0.39 is 0 Å². The lowest BCUT2D eigenvalue weighted by Gasteiger charge is -2.20. The zero-order chi connectivity index (χ0) is 13.9. The molecule has 0 saturated carbocycles. The molecule has 1 aromatic rings. The van der Waals surface area contributed by atoms with Crippen molar-refractivity contribution in [2.45, 2.75) is 52.5 Å². The van der Waals surface area contributed by atoms with Crippen LogP contribution in [0.25, 0.3) is 0 Å². The first-order chi connectivity index (χ1) is 8.25. The first-order valence-corrected chi connectivity index (χ1v) is 6.31. The van der Waals surface area contributed by atoms with Crippen LogP contribution >= 0.6 is 0 Å². The molecule has 4 heteroatoms. The van der Waals surface area contributed by atoms with Crippen molar-refractivity contribution in [3.8, 4) is 0 Å². The SMILES string of the molecule is CCC(C)Nc1ccc(C(C)(C)C)cc1[N+](=O)[O-]. The molecule has 1 N–H and O–H groups in total. The Morgan fingerprint density at radius 1 is 1.39 bits per heavy atom. The van der Waals surface area contributed by atoms with Gasteiger partial charge in [-0.3, -0.25) is 10.1 Å². The average Bonchev–Trinajstić information content (AvgIpc) is 2.27. The minimum Gasteiger partial charge on any atom is -0.377 e. The molecular weight excluding hydrogens is 228 g/mol. The van der Waals surface area contributed by atoms with Gasteiger partial charge in [0.05, 0.1) is 4.92 Å². The minimum absolute atomic E-state index is 0.0837. The van der Waals surface area contributed by atoms with Crippen LogP contribution in [0, 0.1) is 10.1 Å². The Labute approximate surface area is 109 Å². The second-order valence-electron chi connectivity index (χ2n) is 5.69. The van der Waals surface area contributed by atoms with Crippen molar-refractivity contribution in [2.75, 3.05) is 5.32 Å². The van der Waals surface area contributed by atoms with Gasteiger partial charge in [-0.2, -0.15) is 0 Å². The largest absolute Gasteiger partial charge is 0.377 e. The molecule has 0 bridgehead atoms. The van der Waals surface area contributed by atoms with Crippen LogP contribution in [0.1, 0.15) is 46.6 Å². The van der Waals surface area contributed by atoms with Gasteiger partial charge >= 0.3 is 0 Å². The predicted molar refractivity (Wildman–Crippen MR) is 75.2 cm³/mol.